The third-order valence-corrected chi connectivity index (χ3v) is 3.66. The van der Waals surface area contributed by atoms with Crippen molar-refractivity contribution in [1.29, 1.82) is 0 Å². The molecular formula is C16H14N3O2+. The molecule has 0 saturated carbocycles. The van der Waals surface area contributed by atoms with E-state index in [0.29, 0.717) is 17.2 Å². The summed E-state index contributed by atoms with van der Waals surface area (Å²) in [6, 6.07) is 5.96. The Hall–Kier alpha value is -2.69. The number of rotatable bonds is 1. The maximum absolute atomic E-state index is 5.94. The maximum atomic E-state index is 5.94. The van der Waals surface area contributed by atoms with Crippen molar-refractivity contribution in [3.63, 3.8) is 0 Å². The fraction of sp³-hybridized carbons (Fsp3) is 0.188. The lowest BCUT2D eigenvalue weighted by Gasteiger charge is -2.03. The van der Waals surface area contributed by atoms with E-state index in [1.54, 1.807) is 6.20 Å². The molecule has 0 bridgehead atoms. The van der Waals surface area contributed by atoms with Gasteiger partial charge in [0.25, 0.3) is 5.71 Å². The van der Waals surface area contributed by atoms with Gasteiger partial charge in [-0.25, -0.2) is 4.57 Å². The molecule has 0 amide bonds. The molecular weight excluding hydrogens is 266 g/mol. The van der Waals surface area contributed by atoms with Gasteiger partial charge in [0.05, 0.1) is 18.6 Å². The molecule has 0 atom stereocenters. The zero-order valence-electron chi connectivity index (χ0n) is 12.0. The smallest absolute Gasteiger partial charge is 0.334 e. The summed E-state index contributed by atoms with van der Waals surface area (Å²) in [5, 5.41) is 0.928. The minimum absolute atomic E-state index is 0.535. The molecule has 0 fully saturated rings. The molecule has 3 heterocycles. The fourth-order valence-corrected chi connectivity index (χ4v) is 2.67. The lowest BCUT2D eigenvalue weighted by atomic mass is 10.0. The SMILES string of the molecule is Cc1nc2oc3c(-c4nccc[n+]4C)c(C)ccc3c2o1. The fourth-order valence-electron chi connectivity index (χ4n) is 2.67. The molecule has 1 aromatic carbocycles. The largest absolute Gasteiger partial charge is 0.437 e. The number of hydrogen-bond acceptors (Lipinski definition) is 4. The first-order chi connectivity index (χ1) is 10.1. The van der Waals surface area contributed by atoms with Gasteiger partial charge in [-0.2, -0.15) is 4.98 Å². The van der Waals surface area contributed by atoms with Crippen molar-refractivity contribution >= 4 is 22.3 Å². The van der Waals surface area contributed by atoms with Crippen LogP contribution in [0.4, 0.5) is 0 Å². The van der Waals surface area contributed by atoms with Crippen molar-refractivity contribution < 1.29 is 13.4 Å². The van der Waals surface area contributed by atoms with Crippen LogP contribution in [-0.2, 0) is 7.05 Å². The van der Waals surface area contributed by atoms with Crippen LogP contribution in [0, 0.1) is 13.8 Å². The van der Waals surface area contributed by atoms with Gasteiger partial charge in [0.1, 0.15) is 11.8 Å². The highest BCUT2D eigenvalue weighted by Crippen LogP contribution is 2.36. The molecule has 0 radical (unpaired) electrons. The molecule has 0 N–H and O–H groups in total. The number of aromatic nitrogens is 3. The van der Waals surface area contributed by atoms with Gasteiger partial charge in [-0.15, -0.1) is 0 Å². The minimum atomic E-state index is 0.535. The van der Waals surface area contributed by atoms with Gasteiger partial charge in [-0.05, 0) is 23.5 Å². The first-order valence-electron chi connectivity index (χ1n) is 6.75. The van der Waals surface area contributed by atoms with Gasteiger partial charge in [0.15, 0.2) is 11.5 Å². The van der Waals surface area contributed by atoms with Gasteiger partial charge in [-0.3, -0.25) is 0 Å². The summed E-state index contributed by atoms with van der Waals surface area (Å²) in [5.74, 6) is 1.46. The molecule has 0 aliphatic carbocycles. The topological polar surface area (TPSA) is 55.9 Å². The number of oxazole rings is 1. The van der Waals surface area contributed by atoms with Crippen molar-refractivity contribution in [1.82, 2.24) is 9.97 Å². The van der Waals surface area contributed by atoms with Gasteiger partial charge in [0, 0.05) is 13.0 Å². The van der Waals surface area contributed by atoms with Gasteiger partial charge >= 0.3 is 5.82 Å². The molecule has 4 aromatic rings. The first-order valence-corrected chi connectivity index (χ1v) is 6.75. The van der Waals surface area contributed by atoms with E-state index in [9.17, 15) is 0 Å². The number of hydrogen-bond donors (Lipinski definition) is 0. The predicted molar refractivity (Wildman–Crippen MR) is 77.7 cm³/mol. The Labute approximate surface area is 120 Å². The van der Waals surface area contributed by atoms with Crippen molar-refractivity contribution in [2.75, 3.05) is 0 Å². The third-order valence-electron chi connectivity index (χ3n) is 3.66. The Morgan fingerprint density at radius 1 is 1.10 bits per heavy atom. The second-order valence-corrected chi connectivity index (χ2v) is 5.16. The van der Waals surface area contributed by atoms with Crippen LogP contribution in [-0.4, -0.2) is 9.97 Å². The summed E-state index contributed by atoms with van der Waals surface area (Å²) in [6.07, 6.45) is 3.75. The van der Waals surface area contributed by atoms with Crippen molar-refractivity contribution in [3.8, 4) is 11.4 Å². The normalized spacial score (nSPS) is 11.6. The monoisotopic (exact) mass is 280 g/mol. The summed E-state index contributed by atoms with van der Waals surface area (Å²) in [7, 11) is 1.97. The molecule has 0 aliphatic rings. The molecule has 21 heavy (non-hydrogen) atoms. The van der Waals surface area contributed by atoms with Crippen LogP contribution in [0.25, 0.3) is 33.7 Å². The average molecular weight is 280 g/mol. The van der Waals surface area contributed by atoms with E-state index in [-0.39, 0.29) is 0 Å². The standard InChI is InChI=1S/C16H14N3O2/c1-9-5-6-11-13(21-16-14(11)20-10(2)18-16)12(9)15-17-7-4-8-19(15)3/h4-8H,1-3H3/q+1. The van der Waals surface area contributed by atoms with Crippen LogP contribution in [0.15, 0.2) is 39.4 Å². The van der Waals surface area contributed by atoms with Crippen LogP contribution in [0.1, 0.15) is 11.5 Å². The van der Waals surface area contributed by atoms with Gasteiger partial charge in [0.2, 0.25) is 5.58 Å². The highest BCUT2D eigenvalue weighted by Gasteiger charge is 2.23. The Kier molecular flexibility index (Phi) is 2.39. The van der Waals surface area contributed by atoms with E-state index in [2.05, 4.69) is 16.0 Å². The second kappa shape index (κ2) is 4.15. The van der Waals surface area contributed by atoms with Gasteiger partial charge < -0.3 is 8.83 Å². The highest BCUT2D eigenvalue weighted by molar-refractivity contribution is 6.05. The van der Waals surface area contributed by atoms with Crippen molar-refractivity contribution in [2.24, 2.45) is 7.05 Å². The van der Waals surface area contributed by atoms with Crippen LogP contribution < -0.4 is 4.57 Å². The van der Waals surface area contributed by atoms with Crippen LogP contribution in [0.3, 0.4) is 0 Å². The molecule has 104 valence electrons. The van der Waals surface area contributed by atoms with E-state index in [1.165, 1.54) is 0 Å². The molecule has 0 saturated heterocycles. The molecule has 0 spiro atoms. The Morgan fingerprint density at radius 3 is 2.76 bits per heavy atom. The predicted octanol–water partition coefficient (Wildman–Crippen LogP) is 3.08. The number of fused-ring (bicyclic) bond motifs is 3. The first kappa shape index (κ1) is 12.1. The molecule has 5 nitrogen and oxygen atoms in total. The summed E-state index contributed by atoms with van der Waals surface area (Å²) >= 11 is 0. The van der Waals surface area contributed by atoms with E-state index >= 15 is 0 Å². The number of aryl methyl sites for hydroxylation is 3. The summed E-state index contributed by atoms with van der Waals surface area (Å²) in [6.45, 7) is 3.86. The van der Waals surface area contributed by atoms with Crippen molar-refractivity contribution in [2.45, 2.75) is 13.8 Å². The Balaban J connectivity index is 2.15. The zero-order valence-corrected chi connectivity index (χ0v) is 12.0. The summed E-state index contributed by atoms with van der Waals surface area (Å²) in [5.41, 5.74) is 4.08. The molecule has 0 aliphatic heterocycles. The summed E-state index contributed by atoms with van der Waals surface area (Å²) < 4.78 is 13.6. The quantitative estimate of drug-likeness (QED) is 0.503. The molecule has 5 heteroatoms. The van der Waals surface area contributed by atoms with Crippen LogP contribution in [0.2, 0.25) is 0 Å². The van der Waals surface area contributed by atoms with E-state index in [4.69, 9.17) is 8.83 Å². The maximum Gasteiger partial charge on any atom is 0.334 e. The lowest BCUT2D eigenvalue weighted by Crippen LogP contribution is -2.31. The average Bonchev–Trinajstić information content (AvgIpc) is 2.96. The number of benzene rings is 1. The third kappa shape index (κ3) is 1.67. The van der Waals surface area contributed by atoms with Crippen LogP contribution in [0.5, 0.6) is 0 Å². The lowest BCUT2D eigenvalue weighted by molar-refractivity contribution is -0.663. The molecule has 3 aromatic heterocycles. The van der Waals surface area contributed by atoms with Crippen LogP contribution >= 0.6 is 0 Å². The van der Waals surface area contributed by atoms with Gasteiger partial charge in [-0.1, -0.05) is 6.07 Å². The molecule has 4 rings (SSSR count). The van der Waals surface area contributed by atoms with E-state index in [0.717, 1.165) is 27.9 Å². The Morgan fingerprint density at radius 2 is 1.95 bits per heavy atom. The Bertz CT molecular complexity index is 982. The van der Waals surface area contributed by atoms with E-state index in [1.807, 2.05) is 43.8 Å². The number of nitrogens with zero attached hydrogens (tertiary/aromatic N) is 3. The van der Waals surface area contributed by atoms with Crippen molar-refractivity contribution in [3.05, 3.63) is 42.0 Å². The number of furan rings is 1. The molecule has 0 unspecified atom stereocenters. The summed E-state index contributed by atoms with van der Waals surface area (Å²) in [4.78, 5) is 8.76. The second-order valence-electron chi connectivity index (χ2n) is 5.16. The zero-order chi connectivity index (χ0) is 14.6. The highest BCUT2D eigenvalue weighted by atomic mass is 16.4. The minimum Gasteiger partial charge on any atom is -0.437 e. The van der Waals surface area contributed by atoms with E-state index < -0.39 is 0 Å².